The summed E-state index contributed by atoms with van der Waals surface area (Å²) in [5, 5.41) is 4.29. The van der Waals surface area contributed by atoms with Gasteiger partial charge in [0.2, 0.25) is 0 Å². The van der Waals surface area contributed by atoms with E-state index in [4.69, 9.17) is 0 Å². The minimum Gasteiger partial charge on any atom is -0.364 e. The van der Waals surface area contributed by atoms with Crippen molar-refractivity contribution in [2.45, 2.75) is 33.2 Å². The van der Waals surface area contributed by atoms with Gasteiger partial charge in [0.25, 0.3) is 5.91 Å². The summed E-state index contributed by atoms with van der Waals surface area (Å²) in [5.74, 6) is 1.58. The van der Waals surface area contributed by atoms with E-state index in [1.165, 1.54) is 11.3 Å². The molecule has 0 aromatic carbocycles. The summed E-state index contributed by atoms with van der Waals surface area (Å²) in [6.07, 6.45) is 5.48. The molecule has 4 rings (SSSR count). The van der Waals surface area contributed by atoms with Crippen LogP contribution in [0.1, 0.15) is 40.7 Å². The number of amides is 1. The molecule has 3 aromatic heterocycles. The molecule has 1 N–H and O–H groups in total. The van der Waals surface area contributed by atoms with E-state index in [2.05, 4.69) is 27.2 Å². The number of aryl methyl sites for hydroxylation is 1. The Balaban J connectivity index is 1.61. The Morgan fingerprint density at radius 3 is 2.81 bits per heavy atom. The van der Waals surface area contributed by atoms with Crippen molar-refractivity contribution in [2.75, 3.05) is 18.4 Å². The van der Waals surface area contributed by atoms with Crippen molar-refractivity contribution < 1.29 is 4.79 Å². The molecular weight excluding hydrogens is 358 g/mol. The second-order valence-electron chi connectivity index (χ2n) is 7.11. The van der Waals surface area contributed by atoms with E-state index in [9.17, 15) is 4.79 Å². The number of rotatable bonds is 4. The third-order valence-corrected chi connectivity index (χ3v) is 6.34. The molecular formula is C20H23N5OS. The molecule has 1 amide bonds. The Morgan fingerprint density at radius 1 is 1.26 bits per heavy atom. The van der Waals surface area contributed by atoms with Gasteiger partial charge in [-0.3, -0.25) is 9.78 Å². The molecule has 1 aliphatic heterocycles. The van der Waals surface area contributed by atoms with Crippen LogP contribution in [-0.4, -0.2) is 38.8 Å². The second kappa shape index (κ2) is 7.60. The molecule has 27 heavy (non-hydrogen) atoms. The third-order valence-electron chi connectivity index (χ3n) is 5.16. The van der Waals surface area contributed by atoms with Crippen molar-refractivity contribution >= 4 is 33.3 Å². The molecule has 1 fully saturated rings. The maximum absolute atomic E-state index is 13.0. The number of hydrogen-bond acceptors (Lipinski definition) is 6. The maximum atomic E-state index is 13.0. The number of likely N-dealkylation sites (tertiary alicyclic amines) is 1. The number of hydrogen-bond donors (Lipinski definition) is 1. The number of carbonyl (C=O) groups excluding carboxylic acids is 1. The molecule has 0 bridgehead atoms. The second-order valence-corrected chi connectivity index (χ2v) is 8.11. The largest absolute Gasteiger partial charge is 0.364 e. The van der Waals surface area contributed by atoms with Gasteiger partial charge in [0.05, 0.1) is 22.5 Å². The first-order valence-corrected chi connectivity index (χ1v) is 10.1. The normalized spacial score (nSPS) is 15.3. The molecule has 0 atom stereocenters. The summed E-state index contributed by atoms with van der Waals surface area (Å²) < 4.78 is 0. The highest BCUT2D eigenvalue weighted by Crippen LogP contribution is 2.34. The number of thiophene rings is 1. The van der Waals surface area contributed by atoms with Gasteiger partial charge < -0.3 is 10.2 Å². The molecule has 3 aromatic rings. The first kappa shape index (κ1) is 17.9. The van der Waals surface area contributed by atoms with Crippen molar-refractivity contribution in [1.82, 2.24) is 19.9 Å². The van der Waals surface area contributed by atoms with Crippen molar-refractivity contribution in [2.24, 2.45) is 5.92 Å². The molecule has 1 aliphatic rings. The van der Waals surface area contributed by atoms with Crippen LogP contribution in [0.25, 0.3) is 10.2 Å². The van der Waals surface area contributed by atoms with E-state index >= 15 is 0 Å². The van der Waals surface area contributed by atoms with Crippen LogP contribution >= 0.6 is 11.3 Å². The molecule has 7 heteroatoms. The lowest BCUT2D eigenvalue weighted by Gasteiger charge is -2.30. The first-order chi connectivity index (χ1) is 13.1. The van der Waals surface area contributed by atoms with Crippen molar-refractivity contribution in [1.29, 1.82) is 0 Å². The van der Waals surface area contributed by atoms with Crippen molar-refractivity contribution in [3.05, 3.63) is 46.9 Å². The minimum absolute atomic E-state index is 0.123. The molecule has 0 radical (unpaired) electrons. The molecule has 4 heterocycles. The van der Waals surface area contributed by atoms with Crippen LogP contribution in [0.3, 0.4) is 0 Å². The van der Waals surface area contributed by atoms with Gasteiger partial charge >= 0.3 is 0 Å². The van der Waals surface area contributed by atoms with Crippen LogP contribution in [0.5, 0.6) is 0 Å². The van der Waals surface area contributed by atoms with E-state index in [1.54, 1.807) is 12.5 Å². The summed E-state index contributed by atoms with van der Waals surface area (Å²) in [4.78, 5) is 29.8. The van der Waals surface area contributed by atoms with E-state index < -0.39 is 0 Å². The molecule has 140 valence electrons. The highest BCUT2D eigenvalue weighted by atomic mass is 32.1. The molecule has 1 saturated heterocycles. The Kier molecular flexibility index (Phi) is 5.03. The monoisotopic (exact) mass is 381 g/mol. The number of piperidine rings is 1. The summed E-state index contributed by atoms with van der Waals surface area (Å²) in [7, 11) is 0. The number of anilines is 1. The van der Waals surface area contributed by atoms with Gasteiger partial charge in [-0.1, -0.05) is 13.0 Å². The number of nitrogens with one attached hydrogen (secondary N) is 1. The molecule has 0 unspecified atom stereocenters. The fourth-order valence-corrected chi connectivity index (χ4v) is 4.56. The SMILES string of the molecule is Cc1c(C(=O)N2CCC(C)CC2)sc2ncnc(NCc3ccccn3)c12. The lowest BCUT2D eigenvalue weighted by Crippen LogP contribution is -2.37. The van der Waals surface area contributed by atoms with Crippen LogP contribution < -0.4 is 5.32 Å². The smallest absolute Gasteiger partial charge is 0.264 e. The average Bonchev–Trinajstić information content (AvgIpc) is 3.04. The zero-order valence-corrected chi connectivity index (χ0v) is 16.4. The highest BCUT2D eigenvalue weighted by molar-refractivity contribution is 7.20. The van der Waals surface area contributed by atoms with Gasteiger partial charge in [-0.15, -0.1) is 11.3 Å². The molecule has 0 spiro atoms. The lowest BCUT2D eigenvalue weighted by atomic mass is 9.99. The Morgan fingerprint density at radius 2 is 2.07 bits per heavy atom. The number of carbonyl (C=O) groups is 1. The summed E-state index contributed by atoms with van der Waals surface area (Å²) in [5.41, 5.74) is 1.90. The van der Waals surface area contributed by atoms with Gasteiger partial charge in [0.15, 0.2) is 0 Å². The minimum atomic E-state index is 0.123. The Labute approximate surface area is 162 Å². The van der Waals surface area contributed by atoms with Crippen LogP contribution in [-0.2, 0) is 6.54 Å². The van der Waals surface area contributed by atoms with Gasteiger partial charge in [-0.25, -0.2) is 9.97 Å². The van der Waals surface area contributed by atoms with Crippen LogP contribution in [0.4, 0.5) is 5.82 Å². The quantitative estimate of drug-likeness (QED) is 0.743. The summed E-state index contributed by atoms with van der Waals surface area (Å²) in [6, 6.07) is 5.83. The van der Waals surface area contributed by atoms with Crippen LogP contribution in [0, 0.1) is 12.8 Å². The third kappa shape index (κ3) is 3.64. The maximum Gasteiger partial charge on any atom is 0.264 e. The van der Waals surface area contributed by atoms with Crippen molar-refractivity contribution in [3.63, 3.8) is 0 Å². The number of aromatic nitrogens is 3. The topological polar surface area (TPSA) is 71.0 Å². The molecule has 0 aliphatic carbocycles. The van der Waals surface area contributed by atoms with E-state index in [0.29, 0.717) is 12.5 Å². The zero-order chi connectivity index (χ0) is 18.8. The Bertz CT molecular complexity index is 948. The molecule has 0 saturated carbocycles. The fraction of sp³-hybridized carbons (Fsp3) is 0.400. The van der Waals surface area contributed by atoms with E-state index in [0.717, 1.165) is 58.1 Å². The number of nitrogens with zero attached hydrogens (tertiary/aromatic N) is 4. The van der Waals surface area contributed by atoms with Gasteiger partial charge in [0, 0.05) is 19.3 Å². The fourth-order valence-electron chi connectivity index (χ4n) is 3.44. The average molecular weight is 382 g/mol. The summed E-state index contributed by atoms with van der Waals surface area (Å²) in [6.45, 7) is 6.50. The zero-order valence-electron chi connectivity index (χ0n) is 15.6. The van der Waals surface area contributed by atoms with Crippen molar-refractivity contribution in [3.8, 4) is 0 Å². The molecule has 6 nitrogen and oxygen atoms in total. The van der Waals surface area contributed by atoms with E-state index in [1.807, 2.05) is 30.0 Å². The van der Waals surface area contributed by atoms with Gasteiger partial charge in [-0.05, 0) is 43.4 Å². The van der Waals surface area contributed by atoms with Crippen LogP contribution in [0.2, 0.25) is 0 Å². The highest BCUT2D eigenvalue weighted by Gasteiger charge is 2.26. The lowest BCUT2D eigenvalue weighted by molar-refractivity contribution is 0.0701. The predicted molar refractivity (Wildman–Crippen MR) is 108 cm³/mol. The first-order valence-electron chi connectivity index (χ1n) is 9.30. The van der Waals surface area contributed by atoms with Gasteiger partial charge in [-0.2, -0.15) is 0 Å². The Hall–Kier alpha value is -2.54. The number of fused-ring (bicyclic) bond motifs is 1. The van der Waals surface area contributed by atoms with Crippen LogP contribution in [0.15, 0.2) is 30.7 Å². The standard InChI is InChI=1S/C20H23N5OS/c1-13-6-9-25(10-7-13)20(26)17-14(2)16-18(23-12-24-19(16)27-17)22-11-15-5-3-4-8-21-15/h3-5,8,12-13H,6-7,9-11H2,1-2H3,(H,22,23,24). The predicted octanol–water partition coefficient (Wildman–Crippen LogP) is 3.88. The number of pyridine rings is 1. The van der Waals surface area contributed by atoms with Gasteiger partial charge in [0.1, 0.15) is 17.0 Å². The van der Waals surface area contributed by atoms with E-state index in [-0.39, 0.29) is 5.91 Å². The summed E-state index contributed by atoms with van der Waals surface area (Å²) >= 11 is 1.46.